The molecule has 2 saturated carbocycles. The number of hydrogen-bond acceptors (Lipinski definition) is 6. The van der Waals surface area contributed by atoms with Gasteiger partial charge >= 0.3 is 6.18 Å². The van der Waals surface area contributed by atoms with Crippen molar-refractivity contribution in [2.75, 3.05) is 17.2 Å². The van der Waals surface area contributed by atoms with Crippen molar-refractivity contribution >= 4 is 17.3 Å². The van der Waals surface area contributed by atoms with Gasteiger partial charge in [-0.1, -0.05) is 26.0 Å². The minimum atomic E-state index is -4.55. The number of fused-ring (bicyclic) bond motifs is 3. The van der Waals surface area contributed by atoms with Crippen molar-refractivity contribution in [3.05, 3.63) is 59.5 Å². The molecule has 0 saturated heterocycles. The number of anilines is 3. The number of pyridine rings is 1. The van der Waals surface area contributed by atoms with E-state index in [-0.39, 0.29) is 17.3 Å². The summed E-state index contributed by atoms with van der Waals surface area (Å²) in [5.41, 5.74) is 3.25. The summed E-state index contributed by atoms with van der Waals surface area (Å²) in [5, 5.41) is 17.0. The average Bonchev–Trinajstić information content (AvgIpc) is 2.91. The molecular formula is C32H38F3N5O. The van der Waals surface area contributed by atoms with Crippen LogP contribution in [0.1, 0.15) is 69.2 Å². The van der Waals surface area contributed by atoms with E-state index in [2.05, 4.69) is 45.5 Å². The second-order valence-electron chi connectivity index (χ2n) is 12.9. The number of aryl methyl sites for hydroxylation is 1. The molecule has 3 aliphatic carbocycles. The van der Waals surface area contributed by atoms with Crippen LogP contribution in [0.25, 0.3) is 11.3 Å². The third-order valence-electron chi connectivity index (χ3n) is 9.24. The number of nitrogens with zero attached hydrogens (tertiary/aromatic N) is 3. The highest BCUT2D eigenvalue weighted by Crippen LogP contribution is 2.53. The zero-order valence-electron chi connectivity index (χ0n) is 23.6. The molecule has 3 unspecified atom stereocenters. The van der Waals surface area contributed by atoms with E-state index in [1.54, 1.807) is 6.07 Å². The first-order valence-corrected chi connectivity index (χ1v) is 14.8. The molecule has 1 aromatic carbocycles. The van der Waals surface area contributed by atoms with Crippen LogP contribution in [0.2, 0.25) is 0 Å². The van der Waals surface area contributed by atoms with E-state index in [1.165, 1.54) is 30.8 Å². The van der Waals surface area contributed by atoms with E-state index < -0.39 is 11.9 Å². The second kappa shape index (κ2) is 10.9. The Balaban J connectivity index is 1.30. The van der Waals surface area contributed by atoms with Crippen LogP contribution in [0.4, 0.5) is 30.5 Å². The van der Waals surface area contributed by atoms with Crippen LogP contribution in [-0.2, 0) is 19.0 Å². The second-order valence-corrected chi connectivity index (χ2v) is 12.9. The first-order valence-electron chi connectivity index (χ1n) is 14.8. The predicted octanol–water partition coefficient (Wildman–Crippen LogP) is 7.42. The maximum absolute atomic E-state index is 13.7. The summed E-state index contributed by atoms with van der Waals surface area (Å²) in [6.07, 6.45) is 4.33. The standard InChI is InChI=1S/C32H38F3N5O/c1-19-10-21-11-20(2)15-31(14-19,16-21)17-36-30-24(8-9-28(40-30)32(33,34)35)27-13-29(38-18-37-27)39-26-5-3-4-22-6-7-23(41)12-25(22)26/h3-5,8-9,13,18-21,23,41H,6-7,10-12,14-17H2,1-2H3,(H,36,40)(H,37,38,39). The lowest BCUT2D eigenvalue weighted by molar-refractivity contribution is -0.141. The maximum atomic E-state index is 13.7. The Morgan fingerprint density at radius 3 is 2.56 bits per heavy atom. The molecular weight excluding hydrogens is 527 g/mol. The topological polar surface area (TPSA) is 83.0 Å². The molecule has 0 aliphatic heterocycles. The molecule has 3 atom stereocenters. The Hall–Kier alpha value is -3.20. The lowest BCUT2D eigenvalue weighted by Gasteiger charge is -2.50. The van der Waals surface area contributed by atoms with Crippen LogP contribution in [0.5, 0.6) is 0 Å². The molecule has 3 aliphatic rings. The van der Waals surface area contributed by atoms with E-state index in [0.717, 1.165) is 49.4 Å². The number of rotatable bonds is 6. The van der Waals surface area contributed by atoms with Crippen molar-refractivity contribution in [3.63, 3.8) is 0 Å². The molecule has 41 heavy (non-hydrogen) atoms. The van der Waals surface area contributed by atoms with Gasteiger partial charge in [0.15, 0.2) is 0 Å². The summed E-state index contributed by atoms with van der Waals surface area (Å²) in [4.78, 5) is 12.9. The zero-order chi connectivity index (χ0) is 28.8. The van der Waals surface area contributed by atoms with Gasteiger partial charge in [0.25, 0.3) is 0 Å². The van der Waals surface area contributed by atoms with Gasteiger partial charge in [-0.05, 0) is 97.4 Å². The summed E-state index contributed by atoms with van der Waals surface area (Å²) in [6, 6.07) is 10.2. The number of hydrogen-bond donors (Lipinski definition) is 3. The normalized spacial score (nSPS) is 27.7. The molecule has 218 valence electrons. The van der Waals surface area contributed by atoms with Crippen LogP contribution >= 0.6 is 0 Å². The minimum Gasteiger partial charge on any atom is -0.393 e. The average molecular weight is 566 g/mol. The zero-order valence-corrected chi connectivity index (χ0v) is 23.6. The summed E-state index contributed by atoms with van der Waals surface area (Å²) in [7, 11) is 0. The maximum Gasteiger partial charge on any atom is 0.433 e. The summed E-state index contributed by atoms with van der Waals surface area (Å²) >= 11 is 0. The highest BCUT2D eigenvalue weighted by Gasteiger charge is 2.44. The molecule has 2 heterocycles. The molecule has 6 nitrogen and oxygen atoms in total. The molecule has 3 N–H and O–H groups in total. The van der Waals surface area contributed by atoms with Crippen molar-refractivity contribution in [2.45, 2.75) is 77.5 Å². The minimum absolute atomic E-state index is 0.0581. The molecule has 0 amide bonds. The summed E-state index contributed by atoms with van der Waals surface area (Å²) in [6.45, 7) is 5.18. The highest BCUT2D eigenvalue weighted by molar-refractivity contribution is 5.75. The number of halogens is 3. The van der Waals surface area contributed by atoms with Gasteiger partial charge in [0.2, 0.25) is 0 Å². The lowest BCUT2D eigenvalue weighted by Crippen LogP contribution is -2.43. The Kier molecular flexibility index (Phi) is 7.42. The molecule has 0 spiro atoms. The van der Waals surface area contributed by atoms with E-state index >= 15 is 0 Å². The van der Waals surface area contributed by atoms with Gasteiger partial charge in [-0.15, -0.1) is 0 Å². The monoisotopic (exact) mass is 565 g/mol. The van der Waals surface area contributed by atoms with Gasteiger partial charge in [0.1, 0.15) is 23.7 Å². The van der Waals surface area contributed by atoms with Crippen molar-refractivity contribution in [1.82, 2.24) is 15.0 Å². The molecule has 6 rings (SSSR count). The van der Waals surface area contributed by atoms with E-state index in [1.807, 2.05) is 12.1 Å². The Bertz CT molecular complexity index is 1390. The van der Waals surface area contributed by atoms with Gasteiger partial charge in [0.05, 0.1) is 11.8 Å². The molecule has 3 aromatic rings. The summed E-state index contributed by atoms with van der Waals surface area (Å²) < 4.78 is 41.2. The van der Waals surface area contributed by atoms with Gasteiger partial charge in [0, 0.05) is 30.3 Å². The molecule has 2 aromatic heterocycles. The fourth-order valence-corrected chi connectivity index (χ4v) is 7.95. The number of aromatic nitrogens is 3. The SMILES string of the molecule is CC1CC2CC(C)CC(CNc3nc(C(F)(F)F)ccc3-c3cc(Nc4cccc5c4CC(O)CC5)ncn3)(C1)C2. The fraction of sp³-hybridized carbons (Fsp3) is 0.531. The number of benzene rings is 1. The summed E-state index contributed by atoms with van der Waals surface area (Å²) in [5.74, 6) is 2.62. The highest BCUT2D eigenvalue weighted by atomic mass is 19.4. The lowest BCUT2D eigenvalue weighted by atomic mass is 9.57. The van der Waals surface area contributed by atoms with Crippen LogP contribution < -0.4 is 10.6 Å². The largest absolute Gasteiger partial charge is 0.433 e. The quantitative estimate of drug-likeness (QED) is 0.289. The first-order chi connectivity index (χ1) is 19.6. The third kappa shape index (κ3) is 6.05. The smallest absolute Gasteiger partial charge is 0.393 e. The van der Waals surface area contributed by atoms with Crippen molar-refractivity contribution in [2.24, 2.45) is 23.2 Å². The predicted molar refractivity (Wildman–Crippen MR) is 154 cm³/mol. The van der Waals surface area contributed by atoms with Gasteiger partial charge in [-0.25, -0.2) is 15.0 Å². The molecule has 0 radical (unpaired) electrons. The molecule has 9 heteroatoms. The van der Waals surface area contributed by atoms with Crippen LogP contribution in [-0.4, -0.2) is 32.7 Å². The Morgan fingerprint density at radius 2 is 1.80 bits per heavy atom. The van der Waals surface area contributed by atoms with Crippen molar-refractivity contribution in [1.29, 1.82) is 0 Å². The van der Waals surface area contributed by atoms with E-state index in [4.69, 9.17) is 0 Å². The van der Waals surface area contributed by atoms with Crippen LogP contribution in [0.3, 0.4) is 0 Å². The fourth-order valence-electron chi connectivity index (χ4n) is 7.95. The molecule has 2 fully saturated rings. The van der Waals surface area contributed by atoms with Gasteiger partial charge in [-0.2, -0.15) is 13.2 Å². The number of aliphatic hydroxyl groups excluding tert-OH is 1. The Labute approximate surface area is 239 Å². The molecule has 2 bridgehead atoms. The number of nitrogens with one attached hydrogen (secondary N) is 2. The van der Waals surface area contributed by atoms with Crippen LogP contribution in [0.15, 0.2) is 42.7 Å². The third-order valence-corrected chi connectivity index (χ3v) is 9.24. The Morgan fingerprint density at radius 1 is 1.02 bits per heavy atom. The van der Waals surface area contributed by atoms with Gasteiger partial charge < -0.3 is 15.7 Å². The van der Waals surface area contributed by atoms with Crippen molar-refractivity contribution < 1.29 is 18.3 Å². The first kappa shape index (κ1) is 27.9. The van der Waals surface area contributed by atoms with Crippen molar-refractivity contribution in [3.8, 4) is 11.3 Å². The number of aliphatic hydroxyl groups is 1. The van der Waals surface area contributed by atoms with Gasteiger partial charge in [-0.3, -0.25) is 0 Å². The number of alkyl halides is 3. The van der Waals surface area contributed by atoms with E-state index in [9.17, 15) is 18.3 Å². The van der Waals surface area contributed by atoms with Crippen LogP contribution in [0, 0.1) is 23.2 Å². The van der Waals surface area contributed by atoms with E-state index in [0.29, 0.717) is 47.8 Å².